The molecule has 6 radical (unpaired) electrons. The minimum atomic E-state index is -4.20. The van der Waals surface area contributed by atoms with Crippen LogP contribution in [0.5, 0.6) is 0 Å². The minimum absolute atomic E-state index is 0. The third-order valence-electron chi connectivity index (χ3n) is 0. The van der Waals surface area contributed by atoms with Gasteiger partial charge in [0.25, 0.3) is 0 Å². The molecule has 32 heavy (non-hydrogen) atoms. The van der Waals surface area contributed by atoms with Gasteiger partial charge in [0.1, 0.15) is 0 Å². The van der Waals surface area contributed by atoms with Crippen molar-refractivity contribution in [3.8, 4) is 0 Å². The molecule has 0 aliphatic carbocycles. The zero-order chi connectivity index (χ0) is 25.0. The van der Waals surface area contributed by atoms with E-state index < -0.39 is 131 Å². The topological polar surface area (TPSA) is 418 Å². The van der Waals surface area contributed by atoms with Gasteiger partial charge in [0, 0.05) is 0 Å². The summed E-state index contributed by atoms with van der Waals surface area (Å²) in [5, 5.41) is 0. The second-order valence-corrected chi connectivity index (χ2v) is 8.38. The normalized spacial score (nSPS) is 5.56. The number of hydrogen-bond acceptors (Lipinski definition) is 21. The van der Waals surface area contributed by atoms with E-state index in [0.717, 1.165) is 0 Å². The van der Waals surface area contributed by atoms with Crippen LogP contribution in [0.3, 0.4) is 0 Å². The third kappa shape index (κ3) is 1330. The Morgan fingerprint density at radius 3 is 0.406 bits per heavy atom. The molecule has 0 spiro atoms. The Balaban J connectivity index is -0.0000000175. The fourth-order valence-corrected chi connectivity index (χ4v) is 0. The van der Waals surface area contributed by atoms with Crippen LogP contribution in [0.2, 0.25) is 0 Å². The summed E-state index contributed by atoms with van der Waals surface area (Å²) in [6, 6.07) is 0. The molecule has 0 aromatic rings. The van der Waals surface area contributed by atoms with Gasteiger partial charge in [-0.05, 0) is 0 Å². The van der Waals surface area contributed by atoms with Crippen LogP contribution in [-0.4, -0.2) is 79.7 Å². The van der Waals surface area contributed by atoms with Crippen LogP contribution in [0.25, 0.3) is 0 Å². The van der Waals surface area contributed by atoms with Crippen LogP contribution in [0.1, 0.15) is 0 Å². The smallest absolute Gasteiger partial charge is 2.00 e. The first-order valence-corrected chi connectivity index (χ1v) is 20.5. The van der Waals surface area contributed by atoms with E-state index in [9.17, 15) is 0 Å². The standard InChI is InChI=1S/2Bi.4Nb.Ni.21O.Pb.3Ti/q2*+3;;;;;+2;;;;;;;;;;;;10*-1;+2;;;. The quantitative estimate of drug-likeness (QED) is 0.203. The maximum atomic E-state index is 8.60. The molecule has 0 atom stereocenters. The van der Waals surface area contributed by atoms with Crippen molar-refractivity contribution in [2.45, 2.75) is 0 Å². The average molecular weight is 1540 g/mol. The molecule has 0 saturated heterocycles. The Morgan fingerprint density at radius 2 is 0.406 bits per heavy atom. The second kappa shape index (κ2) is 65.6. The van der Waals surface area contributed by atoms with E-state index in [1.807, 2.05) is 0 Å². The van der Waals surface area contributed by atoms with Gasteiger partial charge in [0.2, 0.25) is 0 Å². The van der Waals surface area contributed by atoms with Crippen LogP contribution >= 0.6 is 0 Å². The molecule has 0 aliphatic heterocycles. The summed E-state index contributed by atoms with van der Waals surface area (Å²) in [4.78, 5) is 0. The van der Waals surface area contributed by atoms with E-state index in [-0.39, 0.29) is 96.2 Å². The first-order valence-electron chi connectivity index (χ1n) is 4.03. The molecule has 0 saturated carbocycles. The molecule has 0 N–H and O–H groups in total. The zero-order valence-electron chi connectivity index (χ0n) is 13.6. The molecule has 21 nitrogen and oxygen atoms in total. The molecular weight excluding hydrogens is 1540 g/mol. The summed E-state index contributed by atoms with van der Waals surface area (Å²) < 4.78 is 180. The Morgan fingerprint density at radius 1 is 0.406 bits per heavy atom. The largest absolute Gasteiger partial charge is 2.00 e. The Labute approximate surface area is 293 Å². The van der Waals surface area contributed by atoms with Crippen molar-refractivity contribution in [2.75, 3.05) is 0 Å². The van der Waals surface area contributed by atoms with Crippen LogP contribution in [-0.2, 0) is 183 Å². The molecule has 0 unspecified atom stereocenters. The predicted molar refractivity (Wildman–Crippen MR) is 24.8 cm³/mol. The zero-order valence-corrected chi connectivity index (χ0v) is 38.9. The molecule has 0 bridgehead atoms. The maximum absolute atomic E-state index is 8.60. The van der Waals surface area contributed by atoms with Crippen molar-refractivity contribution in [1.29, 1.82) is 0 Å². The third-order valence-corrected chi connectivity index (χ3v) is 0. The predicted octanol–water partition coefficient (Wildman–Crippen LogP) is -14.4. The van der Waals surface area contributed by atoms with Gasteiger partial charge < -0.3 is 0 Å². The van der Waals surface area contributed by atoms with Gasteiger partial charge >= 0.3 is 300 Å². The number of hydrogen-bond donors (Lipinski definition) is 0. The SMILES string of the molecule is [Bi+3].[Bi+3].[Ni+2].[O]=[Nb](=[O])[O-].[O]=[Nb](=[O])[O-].[O]=[Nb](=[O])[O-].[O]=[Nb](=[O])[O-].[O]=[Ti]([O-])[O-].[O]=[Ti]([O-])[O-].[O]=[Ti]([O-])[O-].[Pb+2]. The van der Waals surface area contributed by atoms with E-state index in [4.69, 9.17) is 72.6 Å². The van der Waals surface area contributed by atoms with Crippen LogP contribution in [0.4, 0.5) is 0 Å². The summed E-state index contributed by atoms with van der Waals surface area (Å²) in [5.41, 5.74) is 0. The van der Waals surface area contributed by atoms with Gasteiger partial charge in [-0.3, -0.25) is 0 Å². The van der Waals surface area contributed by atoms with Crippen LogP contribution in [0, 0.1) is 0 Å². The van der Waals surface area contributed by atoms with Crippen molar-refractivity contribution >= 4 is 79.7 Å². The van der Waals surface area contributed by atoms with E-state index in [2.05, 4.69) is 0 Å². The molecule has 0 aromatic heterocycles. The summed E-state index contributed by atoms with van der Waals surface area (Å²) in [5.74, 6) is 0. The molecule has 182 valence electrons. The van der Waals surface area contributed by atoms with Gasteiger partial charge in [0.15, 0.2) is 0 Å². The van der Waals surface area contributed by atoms with E-state index in [1.54, 1.807) is 0 Å². The summed E-state index contributed by atoms with van der Waals surface area (Å²) in [6.07, 6.45) is 0. The van der Waals surface area contributed by atoms with Crippen molar-refractivity contribution in [1.82, 2.24) is 0 Å². The average Bonchev–Trinajstić information content (AvgIpc) is 2.20. The van der Waals surface area contributed by atoms with Gasteiger partial charge in [-0.25, -0.2) is 0 Å². The molecule has 0 rings (SSSR count). The van der Waals surface area contributed by atoms with Gasteiger partial charge in [-0.1, -0.05) is 0 Å². The first kappa shape index (κ1) is 71.2. The number of rotatable bonds is 0. The van der Waals surface area contributed by atoms with Crippen molar-refractivity contribution in [3.05, 3.63) is 0 Å². The maximum Gasteiger partial charge on any atom is 2.00 e. The molecule has 0 amide bonds. The Bertz CT molecular complexity index is 528. The van der Waals surface area contributed by atoms with Crippen molar-refractivity contribution in [2.24, 2.45) is 0 Å². The van der Waals surface area contributed by atoms with Gasteiger partial charge in [-0.15, -0.1) is 0 Å². The fourth-order valence-electron chi connectivity index (χ4n) is 0. The fraction of sp³-hybridized carbons (Fsp3) is 0. The second-order valence-electron chi connectivity index (χ2n) is 1.64. The molecule has 0 heterocycles. The van der Waals surface area contributed by atoms with E-state index in [0.29, 0.717) is 0 Å². The first-order chi connectivity index (χ1) is 12.1. The van der Waals surface area contributed by atoms with Crippen LogP contribution in [0.15, 0.2) is 0 Å². The van der Waals surface area contributed by atoms with Crippen molar-refractivity contribution < 1.29 is 220 Å². The molecule has 0 fully saturated rings. The monoisotopic (exact) mass is 1540 g/mol. The molecule has 0 aromatic carbocycles. The molecule has 0 aliphatic rings. The van der Waals surface area contributed by atoms with Crippen LogP contribution < -0.4 is 36.6 Å². The van der Waals surface area contributed by atoms with E-state index in [1.165, 1.54) is 0 Å². The molecular formula is Bi2Nb4NiO21PbTi3. The van der Waals surface area contributed by atoms with Gasteiger partial charge in [0.05, 0.1) is 0 Å². The van der Waals surface area contributed by atoms with E-state index >= 15 is 0 Å². The van der Waals surface area contributed by atoms with Gasteiger partial charge in [-0.2, -0.15) is 0 Å². The minimum Gasteiger partial charge on any atom is 2.00 e. The Kier molecular flexibility index (Phi) is 146. The molecule has 32 heteroatoms. The summed E-state index contributed by atoms with van der Waals surface area (Å²) >= 11 is -29.0. The Hall–Kier alpha value is 5.69. The summed E-state index contributed by atoms with van der Waals surface area (Å²) in [7, 11) is 0. The summed E-state index contributed by atoms with van der Waals surface area (Å²) in [6.45, 7) is 0. The van der Waals surface area contributed by atoms with Crippen molar-refractivity contribution in [3.63, 3.8) is 0 Å².